The molecule has 0 bridgehead atoms. The van der Waals surface area contributed by atoms with Crippen LogP contribution in [0.1, 0.15) is 27.5 Å². The van der Waals surface area contributed by atoms with Crippen LogP contribution in [0.25, 0.3) is 10.9 Å². The van der Waals surface area contributed by atoms with Crippen molar-refractivity contribution in [3.05, 3.63) is 95.7 Å². The van der Waals surface area contributed by atoms with Crippen LogP contribution in [-0.4, -0.2) is 34.9 Å². The number of aromatic nitrogens is 1. The molecule has 1 aliphatic heterocycles. The summed E-state index contributed by atoms with van der Waals surface area (Å²) in [6.45, 7) is -0.0482. The Morgan fingerprint density at radius 3 is 2.47 bits per heavy atom. The number of hydrogen-bond acceptors (Lipinski definition) is 3. The van der Waals surface area contributed by atoms with E-state index in [4.69, 9.17) is 4.74 Å². The minimum atomic E-state index is -0.327. The van der Waals surface area contributed by atoms with Crippen LogP contribution in [0.2, 0.25) is 0 Å². The first-order valence-corrected chi connectivity index (χ1v) is 10.4. The minimum absolute atomic E-state index is 0.0482. The third-order valence-corrected chi connectivity index (χ3v) is 5.97. The highest BCUT2D eigenvalue weighted by Gasteiger charge is 2.39. The van der Waals surface area contributed by atoms with Gasteiger partial charge in [0.05, 0.1) is 13.2 Å². The van der Waals surface area contributed by atoms with Gasteiger partial charge in [-0.05, 0) is 42.0 Å². The van der Waals surface area contributed by atoms with E-state index in [0.717, 1.165) is 22.0 Å². The molecule has 6 heteroatoms. The highest BCUT2D eigenvalue weighted by molar-refractivity contribution is 6.04. The molecule has 1 aromatic heterocycles. The van der Waals surface area contributed by atoms with E-state index >= 15 is 0 Å². The van der Waals surface area contributed by atoms with Crippen LogP contribution >= 0.6 is 0 Å². The van der Waals surface area contributed by atoms with Crippen LogP contribution < -0.4 is 10.1 Å². The first-order valence-electron chi connectivity index (χ1n) is 10.4. The summed E-state index contributed by atoms with van der Waals surface area (Å²) in [6, 6.07) is 22.5. The normalized spacial score (nSPS) is 15.1. The third-order valence-electron chi connectivity index (χ3n) is 5.97. The van der Waals surface area contributed by atoms with Crippen molar-refractivity contribution < 1.29 is 14.3 Å². The number of nitrogens with one attached hydrogen (secondary N) is 1. The number of fused-ring (bicyclic) bond motifs is 2. The van der Waals surface area contributed by atoms with E-state index in [-0.39, 0.29) is 24.4 Å². The third kappa shape index (κ3) is 3.30. The number of rotatable bonds is 5. The van der Waals surface area contributed by atoms with Crippen molar-refractivity contribution in [2.45, 2.75) is 6.04 Å². The Kier molecular flexibility index (Phi) is 4.90. The van der Waals surface area contributed by atoms with Gasteiger partial charge in [0.25, 0.3) is 5.91 Å². The first kappa shape index (κ1) is 19.9. The van der Waals surface area contributed by atoms with Gasteiger partial charge in [0, 0.05) is 41.0 Å². The maximum absolute atomic E-state index is 13.3. The van der Waals surface area contributed by atoms with Gasteiger partial charge in [-0.2, -0.15) is 0 Å². The Balaban J connectivity index is 1.50. The summed E-state index contributed by atoms with van der Waals surface area (Å²) in [5.74, 6) is 0.328. The fraction of sp³-hybridized carbons (Fsp3) is 0.154. The molecule has 0 saturated carbocycles. The molecule has 0 fully saturated rings. The Morgan fingerprint density at radius 1 is 0.969 bits per heavy atom. The van der Waals surface area contributed by atoms with E-state index in [0.29, 0.717) is 17.0 Å². The number of para-hydroxylation sites is 1. The van der Waals surface area contributed by atoms with Crippen molar-refractivity contribution >= 4 is 28.4 Å². The monoisotopic (exact) mass is 425 g/mol. The molecule has 0 spiro atoms. The Labute approximate surface area is 186 Å². The van der Waals surface area contributed by atoms with Gasteiger partial charge in [-0.3, -0.25) is 9.59 Å². The van der Waals surface area contributed by atoms with Crippen LogP contribution in [0.5, 0.6) is 5.75 Å². The number of methoxy groups -OCH3 is 1. The molecule has 0 aliphatic carbocycles. The van der Waals surface area contributed by atoms with Crippen molar-refractivity contribution in [1.29, 1.82) is 0 Å². The molecule has 1 aliphatic rings. The summed E-state index contributed by atoms with van der Waals surface area (Å²) in [5, 5.41) is 3.96. The quantitative estimate of drug-likeness (QED) is 0.516. The maximum Gasteiger partial charge on any atom is 0.255 e. The van der Waals surface area contributed by atoms with E-state index in [2.05, 4.69) is 28.2 Å². The van der Waals surface area contributed by atoms with Crippen LogP contribution in [0.15, 0.2) is 79.0 Å². The molecule has 0 radical (unpaired) electrons. The number of aryl methyl sites for hydroxylation is 1. The van der Waals surface area contributed by atoms with Crippen molar-refractivity contribution in [3.63, 3.8) is 0 Å². The zero-order chi connectivity index (χ0) is 22.2. The summed E-state index contributed by atoms with van der Waals surface area (Å²) >= 11 is 0. The van der Waals surface area contributed by atoms with Gasteiger partial charge >= 0.3 is 0 Å². The lowest BCUT2D eigenvalue weighted by Crippen LogP contribution is -2.36. The number of ether oxygens (including phenoxy) is 1. The predicted molar refractivity (Wildman–Crippen MR) is 124 cm³/mol. The SMILES string of the molecule is COc1ccc(NC(=O)CN2C(=O)c3ccccc3[C@@H]2c2cn(C)c3ccccc23)cc1. The molecule has 6 nitrogen and oxygen atoms in total. The van der Waals surface area contributed by atoms with Gasteiger partial charge in [-0.15, -0.1) is 0 Å². The van der Waals surface area contributed by atoms with E-state index in [1.54, 1.807) is 36.3 Å². The summed E-state index contributed by atoms with van der Waals surface area (Å²) in [4.78, 5) is 27.9. The number of anilines is 1. The minimum Gasteiger partial charge on any atom is -0.497 e. The predicted octanol–water partition coefficient (Wildman–Crippen LogP) is 4.37. The maximum atomic E-state index is 13.3. The molecule has 5 rings (SSSR count). The van der Waals surface area contributed by atoms with Crippen LogP contribution in [-0.2, 0) is 11.8 Å². The van der Waals surface area contributed by atoms with Crippen molar-refractivity contribution in [1.82, 2.24) is 9.47 Å². The number of benzene rings is 3. The smallest absolute Gasteiger partial charge is 0.255 e. The number of carbonyl (C=O) groups is 2. The molecule has 2 heterocycles. The number of nitrogens with zero attached hydrogens (tertiary/aromatic N) is 2. The Morgan fingerprint density at radius 2 is 1.69 bits per heavy atom. The molecule has 4 aromatic rings. The van der Waals surface area contributed by atoms with Crippen LogP contribution in [0.3, 0.4) is 0 Å². The summed E-state index contributed by atoms with van der Waals surface area (Å²) < 4.78 is 7.23. The average Bonchev–Trinajstić information content (AvgIpc) is 3.29. The highest BCUT2D eigenvalue weighted by atomic mass is 16.5. The topological polar surface area (TPSA) is 63.6 Å². The van der Waals surface area contributed by atoms with Gasteiger partial charge in [-0.1, -0.05) is 36.4 Å². The Bertz CT molecular complexity index is 1320. The van der Waals surface area contributed by atoms with Crippen molar-refractivity contribution in [2.24, 2.45) is 7.05 Å². The van der Waals surface area contributed by atoms with Crippen LogP contribution in [0, 0.1) is 0 Å². The second-order valence-electron chi connectivity index (χ2n) is 7.91. The summed E-state index contributed by atoms with van der Waals surface area (Å²) in [6.07, 6.45) is 2.05. The van der Waals surface area contributed by atoms with Gasteiger partial charge in [0.2, 0.25) is 5.91 Å². The van der Waals surface area contributed by atoms with Crippen molar-refractivity contribution in [2.75, 3.05) is 19.0 Å². The number of carbonyl (C=O) groups excluding carboxylic acids is 2. The second-order valence-corrected chi connectivity index (χ2v) is 7.91. The molecule has 160 valence electrons. The van der Waals surface area contributed by atoms with Gasteiger partial charge < -0.3 is 19.5 Å². The molecule has 0 saturated heterocycles. The lowest BCUT2D eigenvalue weighted by atomic mass is 9.97. The average molecular weight is 425 g/mol. The Hall–Kier alpha value is -4.06. The number of amides is 2. The van der Waals surface area contributed by atoms with E-state index in [1.165, 1.54) is 0 Å². The first-order chi connectivity index (χ1) is 15.6. The molecule has 0 unspecified atom stereocenters. The number of hydrogen-bond donors (Lipinski definition) is 1. The molecular weight excluding hydrogens is 402 g/mol. The van der Waals surface area contributed by atoms with E-state index < -0.39 is 0 Å². The standard InChI is InChI=1S/C26H23N3O3/c1-28-15-22(19-7-5-6-10-23(19)28)25-20-8-3-4-9-21(20)26(31)29(25)16-24(30)27-17-11-13-18(32-2)14-12-17/h3-15,25H,16H2,1-2H3,(H,27,30)/t25-/m1/s1. The zero-order valence-corrected chi connectivity index (χ0v) is 17.9. The van der Waals surface area contributed by atoms with Crippen molar-refractivity contribution in [3.8, 4) is 5.75 Å². The zero-order valence-electron chi connectivity index (χ0n) is 17.9. The summed E-state index contributed by atoms with van der Waals surface area (Å²) in [7, 11) is 3.59. The molecule has 32 heavy (non-hydrogen) atoms. The van der Waals surface area contributed by atoms with E-state index in [1.807, 2.05) is 43.4 Å². The van der Waals surface area contributed by atoms with E-state index in [9.17, 15) is 9.59 Å². The lowest BCUT2D eigenvalue weighted by molar-refractivity contribution is -0.117. The van der Waals surface area contributed by atoms with Gasteiger partial charge in [0.1, 0.15) is 12.3 Å². The fourth-order valence-corrected chi connectivity index (χ4v) is 4.49. The molecule has 1 N–H and O–H groups in total. The molecule has 1 atom stereocenters. The van der Waals surface area contributed by atoms with Gasteiger partial charge in [0.15, 0.2) is 0 Å². The molecule has 3 aromatic carbocycles. The lowest BCUT2D eigenvalue weighted by Gasteiger charge is -2.25. The largest absolute Gasteiger partial charge is 0.497 e. The summed E-state index contributed by atoms with van der Waals surface area (Å²) in [5.41, 5.74) is 4.32. The molecular formula is C26H23N3O3. The fourth-order valence-electron chi connectivity index (χ4n) is 4.49. The highest BCUT2D eigenvalue weighted by Crippen LogP contribution is 2.41. The second kappa shape index (κ2) is 7.89. The van der Waals surface area contributed by atoms with Gasteiger partial charge in [-0.25, -0.2) is 0 Å². The molecule has 2 amide bonds. The van der Waals surface area contributed by atoms with Crippen LogP contribution in [0.4, 0.5) is 5.69 Å².